The predicted octanol–water partition coefficient (Wildman–Crippen LogP) is 4.38. The van der Waals surface area contributed by atoms with Gasteiger partial charge in [-0.2, -0.15) is 15.6 Å². The van der Waals surface area contributed by atoms with Crippen molar-refractivity contribution in [2.75, 3.05) is 11.9 Å². The standard InChI is InChI=1S/C25H19N7O2.H2/c26-11-1-2-13-34-24-10-5-19(17-29-24)25(33)30-20-6-8-21(9-7-20)32-22(15-27)14-23(31-32)18-4-3-12-28-16-18;/h3-10,12,14,16-17H,1-2,13H2,(H,30,33);1H. The lowest BCUT2D eigenvalue weighted by molar-refractivity contribution is 0.102. The second-order valence-corrected chi connectivity index (χ2v) is 7.18. The van der Waals surface area contributed by atoms with E-state index in [9.17, 15) is 10.1 Å². The predicted molar refractivity (Wildman–Crippen MR) is 126 cm³/mol. The molecular formula is C25H21N7O2. The summed E-state index contributed by atoms with van der Waals surface area (Å²) < 4.78 is 6.99. The molecule has 0 atom stereocenters. The van der Waals surface area contributed by atoms with Crippen molar-refractivity contribution >= 4 is 11.6 Å². The first-order valence-corrected chi connectivity index (χ1v) is 10.5. The van der Waals surface area contributed by atoms with Crippen LogP contribution in [0.4, 0.5) is 5.69 Å². The molecule has 0 aliphatic heterocycles. The van der Waals surface area contributed by atoms with E-state index in [0.717, 1.165) is 5.56 Å². The summed E-state index contributed by atoms with van der Waals surface area (Å²) >= 11 is 0. The van der Waals surface area contributed by atoms with Crippen LogP contribution in [0.2, 0.25) is 0 Å². The van der Waals surface area contributed by atoms with Gasteiger partial charge in [-0.3, -0.25) is 9.78 Å². The van der Waals surface area contributed by atoms with Crippen molar-refractivity contribution in [1.82, 2.24) is 19.7 Å². The van der Waals surface area contributed by atoms with E-state index in [4.69, 9.17) is 10.00 Å². The molecule has 0 radical (unpaired) electrons. The maximum Gasteiger partial charge on any atom is 0.257 e. The number of unbranched alkanes of at least 4 members (excludes halogenated alkanes) is 1. The number of hydrogen-bond donors (Lipinski definition) is 1. The van der Waals surface area contributed by atoms with E-state index in [1.807, 2.05) is 12.1 Å². The molecule has 1 amide bonds. The normalized spacial score (nSPS) is 10.2. The fraction of sp³-hybridized carbons (Fsp3) is 0.120. The number of nitrogens with zero attached hydrogens (tertiary/aromatic N) is 6. The van der Waals surface area contributed by atoms with Crippen molar-refractivity contribution in [3.05, 3.63) is 84.4 Å². The number of pyridine rings is 2. The minimum Gasteiger partial charge on any atom is -0.478 e. The van der Waals surface area contributed by atoms with Gasteiger partial charge in [0.1, 0.15) is 11.8 Å². The van der Waals surface area contributed by atoms with E-state index >= 15 is 0 Å². The third-order valence-electron chi connectivity index (χ3n) is 4.83. The van der Waals surface area contributed by atoms with E-state index < -0.39 is 0 Å². The molecule has 3 aromatic heterocycles. The highest BCUT2D eigenvalue weighted by atomic mass is 16.5. The van der Waals surface area contributed by atoms with E-state index in [1.54, 1.807) is 59.5 Å². The smallest absolute Gasteiger partial charge is 0.257 e. The summed E-state index contributed by atoms with van der Waals surface area (Å²) in [5, 5.41) is 25.4. The molecule has 4 aromatic rings. The average molecular weight is 451 g/mol. The number of hydrogen-bond acceptors (Lipinski definition) is 7. The van der Waals surface area contributed by atoms with Gasteiger partial charge in [0.25, 0.3) is 5.91 Å². The minimum absolute atomic E-state index is 0. The lowest BCUT2D eigenvalue weighted by Crippen LogP contribution is -2.12. The molecule has 9 heteroatoms. The first-order chi connectivity index (χ1) is 16.7. The molecule has 9 nitrogen and oxygen atoms in total. The first-order valence-electron chi connectivity index (χ1n) is 10.5. The molecule has 0 aliphatic carbocycles. The van der Waals surface area contributed by atoms with Crippen molar-refractivity contribution in [2.45, 2.75) is 12.8 Å². The van der Waals surface area contributed by atoms with Gasteiger partial charge in [0.15, 0.2) is 0 Å². The van der Waals surface area contributed by atoms with Crippen molar-refractivity contribution in [3.63, 3.8) is 0 Å². The van der Waals surface area contributed by atoms with Crippen LogP contribution in [0.3, 0.4) is 0 Å². The molecule has 34 heavy (non-hydrogen) atoms. The van der Waals surface area contributed by atoms with E-state index in [-0.39, 0.29) is 7.33 Å². The Bertz CT molecular complexity index is 1360. The van der Waals surface area contributed by atoms with Crippen LogP contribution in [0, 0.1) is 22.7 Å². The number of benzene rings is 1. The number of rotatable bonds is 8. The number of carbonyl (C=O) groups excluding carboxylic acids is 1. The fourth-order valence-electron chi connectivity index (χ4n) is 3.13. The van der Waals surface area contributed by atoms with Crippen molar-refractivity contribution in [3.8, 4) is 35.0 Å². The Balaban J connectivity index is 0.00000342. The summed E-state index contributed by atoms with van der Waals surface area (Å²) in [6.07, 6.45) is 5.84. The largest absolute Gasteiger partial charge is 0.478 e. The Labute approximate surface area is 197 Å². The van der Waals surface area contributed by atoms with Gasteiger partial charge >= 0.3 is 0 Å². The summed E-state index contributed by atoms with van der Waals surface area (Å²) in [6, 6.07) is 19.9. The van der Waals surface area contributed by atoms with E-state index in [0.29, 0.717) is 53.7 Å². The topological polar surface area (TPSA) is 130 Å². The van der Waals surface area contributed by atoms with Gasteiger partial charge in [0, 0.05) is 49.8 Å². The van der Waals surface area contributed by atoms with Crippen molar-refractivity contribution < 1.29 is 11.0 Å². The number of anilines is 1. The molecule has 0 aliphatic rings. The van der Waals surface area contributed by atoms with Crippen LogP contribution in [0.5, 0.6) is 5.88 Å². The zero-order chi connectivity index (χ0) is 23.8. The number of ether oxygens (including phenoxy) is 1. The average Bonchev–Trinajstić information content (AvgIpc) is 3.32. The molecular weight excluding hydrogens is 430 g/mol. The lowest BCUT2D eigenvalue weighted by atomic mass is 10.2. The fourth-order valence-corrected chi connectivity index (χ4v) is 3.13. The van der Waals surface area contributed by atoms with Gasteiger partial charge in [-0.15, -0.1) is 0 Å². The second-order valence-electron chi connectivity index (χ2n) is 7.18. The van der Waals surface area contributed by atoms with Gasteiger partial charge in [-0.25, -0.2) is 9.67 Å². The molecule has 1 aromatic carbocycles. The number of nitriles is 2. The van der Waals surface area contributed by atoms with Crippen LogP contribution in [-0.2, 0) is 0 Å². The SMILES string of the molecule is N#CCCCOc1ccc(C(=O)Nc2ccc(-n3nc(-c4cccnc4)cc3C#N)cc2)cn1.[HH]. The van der Waals surface area contributed by atoms with Crippen LogP contribution in [0.1, 0.15) is 30.3 Å². The number of amides is 1. The van der Waals surface area contributed by atoms with Gasteiger partial charge in [-0.05, 0) is 48.9 Å². The highest BCUT2D eigenvalue weighted by Crippen LogP contribution is 2.22. The quantitative estimate of drug-likeness (QED) is 0.393. The van der Waals surface area contributed by atoms with Crippen LogP contribution in [0.15, 0.2) is 73.2 Å². The molecule has 0 spiro atoms. The monoisotopic (exact) mass is 451 g/mol. The Hall–Kier alpha value is -5.02. The Kier molecular flexibility index (Phi) is 6.87. The van der Waals surface area contributed by atoms with Gasteiger partial charge < -0.3 is 10.1 Å². The Morgan fingerprint density at radius 3 is 2.65 bits per heavy atom. The Morgan fingerprint density at radius 2 is 1.97 bits per heavy atom. The van der Waals surface area contributed by atoms with Crippen LogP contribution < -0.4 is 10.1 Å². The van der Waals surface area contributed by atoms with Crippen LogP contribution >= 0.6 is 0 Å². The molecule has 3 heterocycles. The van der Waals surface area contributed by atoms with Gasteiger partial charge in [-0.1, -0.05) is 0 Å². The van der Waals surface area contributed by atoms with Crippen molar-refractivity contribution in [1.29, 1.82) is 10.5 Å². The zero-order valence-corrected chi connectivity index (χ0v) is 18.0. The third-order valence-corrected chi connectivity index (χ3v) is 4.83. The second kappa shape index (κ2) is 10.5. The minimum atomic E-state index is -0.313. The molecule has 0 saturated carbocycles. The highest BCUT2D eigenvalue weighted by Gasteiger charge is 2.12. The van der Waals surface area contributed by atoms with Crippen LogP contribution in [0.25, 0.3) is 16.9 Å². The molecule has 168 valence electrons. The van der Waals surface area contributed by atoms with E-state index in [1.165, 1.54) is 6.20 Å². The summed E-state index contributed by atoms with van der Waals surface area (Å²) in [4.78, 5) is 20.8. The molecule has 0 fully saturated rings. The molecule has 4 rings (SSSR count). The molecule has 1 N–H and O–H groups in total. The van der Waals surface area contributed by atoms with E-state index in [2.05, 4.69) is 32.5 Å². The first kappa shape index (κ1) is 22.2. The number of nitrogens with one attached hydrogen (secondary N) is 1. The third kappa shape index (κ3) is 5.23. The summed E-state index contributed by atoms with van der Waals surface area (Å²) in [5.74, 6) is 0.0870. The van der Waals surface area contributed by atoms with Gasteiger partial charge in [0.05, 0.1) is 29.6 Å². The van der Waals surface area contributed by atoms with Crippen LogP contribution in [-0.4, -0.2) is 32.3 Å². The summed E-state index contributed by atoms with van der Waals surface area (Å²) in [5.41, 5.74) is 3.50. The number of aromatic nitrogens is 4. The Morgan fingerprint density at radius 1 is 1.12 bits per heavy atom. The van der Waals surface area contributed by atoms with Gasteiger partial charge in [0.2, 0.25) is 5.88 Å². The molecule has 0 bridgehead atoms. The maximum atomic E-state index is 12.5. The maximum absolute atomic E-state index is 12.5. The molecule has 0 saturated heterocycles. The lowest BCUT2D eigenvalue weighted by Gasteiger charge is -2.08. The zero-order valence-electron chi connectivity index (χ0n) is 18.0. The summed E-state index contributed by atoms with van der Waals surface area (Å²) in [6.45, 7) is 0.395. The highest BCUT2D eigenvalue weighted by molar-refractivity contribution is 6.04. The molecule has 0 unspecified atom stereocenters. The van der Waals surface area contributed by atoms with Crippen molar-refractivity contribution in [2.24, 2.45) is 0 Å². The summed E-state index contributed by atoms with van der Waals surface area (Å²) in [7, 11) is 0. The number of carbonyl (C=O) groups is 1.